The second-order valence-corrected chi connectivity index (χ2v) is 6.11. The molecule has 0 saturated carbocycles. The maximum absolute atomic E-state index is 6.32. The highest BCUT2D eigenvalue weighted by Crippen LogP contribution is 2.32. The number of halogens is 1. The third kappa shape index (κ3) is 2.61. The van der Waals surface area contributed by atoms with Crippen LogP contribution in [0.25, 0.3) is 5.69 Å². The maximum atomic E-state index is 6.32. The first kappa shape index (κ1) is 14.6. The molecule has 4 rings (SSSR count). The van der Waals surface area contributed by atoms with Gasteiger partial charge in [-0.05, 0) is 42.9 Å². The molecule has 1 fully saturated rings. The largest absolute Gasteiger partial charge is 0.468 e. The molecule has 0 bridgehead atoms. The predicted molar refractivity (Wildman–Crippen MR) is 88.8 cm³/mol. The fraction of sp³-hybridized carbons (Fsp3) is 0.200. The summed E-state index contributed by atoms with van der Waals surface area (Å²) in [7, 11) is 0. The van der Waals surface area contributed by atoms with Gasteiger partial charge in [-0.25, -0.2) is 10.9 Å². The van der Waals surface area contributed by atoms with Gasteiger partial charge >= 0.3 is 0 Å². The van der Waals surface area contributed by atoms with Crippen molar-refractivity contribution in [3.05, 3.63) is 64.0 Å². The van der Waals surface area contributed by atoms with Gasteiger partial charge in [0.15, 0.2) is 10.6 Å². The molecule has 1 aromatic carbocycles. The minimum atomic E-state index is -0.0191. The Hall–Kier alpha value is -1.93. The van der Waals surface area contributed by atoms with Crippen molar-refractivity contribution in [1.29, 1.82) is 0 Å². The van der Waals surface area contributed by atoms with Crippen molar-refractivity contribution in [1.82, 2.24) is 25.6 Å². The van der Waals surface area contributed by atoms with E-state index >= 15 is 0 Å². The number of aromatic nitrogens is 3. The van der Waals surface area contributed by atoms with Gasteiger partial charge in [-0.2, -0.15) is 5.10 Å². The number of furan rings is 1. The molecule has 3 heterocycles. The van der Waals surface area contributed by atoms with Crippen molar-refractivity contribution < 1.29 is 4.42 Å². The highest BCUT2D eigenvalue weighted by atomic mass is 35.5. The first-order chi connectivity index (χ1) is 11.2. The minimum absolute atomic E-state index is 0.0191. The standard InChI is InChI=1S/C15H14ClN5OS/c16-9-4-1-2-5-12(9)21-14(19-20-15(21)23)11-8-10(17-18-11)13-6-3-7-22-13/h1-7,10-11,17-18H,8H2,(H,20,23). The maximum Gasteiger partial charge on any atom is 0.199 e. The summed E-state index contributed by atoms with van der Waals surface area (Å²) in [5.41, 5.74) is 7.29. The Morgan fingerprint density at radius 2 is 2.00 bits per heavy atom. The van der Waals surface area contributed by atoms with Crippen LogP contribution in [0.15, 0.2) is 47.1 Å². The quantitative estimate of drug-likeness (QED) is 0.633. The lowest BCUT2D eigenvalue weighted by Crippen LogP contribution is -2.27. The fourth-order valence-electron chi connectivity index (χ4n) is 2.81. The lowest BCUT2D eigenvalue weighted by molar-refractivity contribution is 0.433. The molecule has 0 spiro atoms. The molecule has 1 aliphatic heterocycles. The Labute approximate surface area is 142 Å². The highest BCUT2D eigenvalue weighted by Gasteiger charge is 2.31. The van der Waals surface area contributed by atoms with Crippen LogP contribution in [-0.4, -0.2) is 14.8 Å². The molecule has 2 atom stereocenters. The van der Waals surface area contributed by atoms with Gasteiger partial charge in [-0.3, -0.25) is 9.67 Å². The van der Waals surface area contributed by atoms with E-state index in [1.807, 2.05) is 41.0 Å². The van der Waals surface area contributed by atoms with Crippen LogP contribution in [0.1, 0.15) is 30.1 Å². The topological polar surface area (TPSA) is 70.8 Å². The summed E-state index contributed by atoms with van der Waals surface area (Å²) >= 11 is 11.7. The number of aromatic amines is 1. The van der Waals surface area contributed by atoms with Gasteiger partial charge < -0.3 is 4.42 Å². The zero-order valence-electron chi connectivity index (χ0n) is 12.0. The molecule has 0 radical (unpaired) electrons. The molecule has 2 unspecified atom stereocenters. The number of hydrazine groups is 1. The molecule has 0 amide bonds. The highest BCUT2D eigenvalue weighted by molar-refractivity contribution is 7.71. The van der Waals surface area contributed by atoms with E-state index in [0.717, 1.165) is 23.7 Å². The lowest BCUT2D eigenvalue weighted by atomic mass is 10.1. The average Bonchev–Trinajstić information content (AvgIpc) is 3.27. The summed E-state index contributed by atoms with van der Waals surface area (Å²) in [4.78, 5) is 0. The van der Waals surface area contributed by atoms with E-state index in [-0.39, 0.29) is 12.1 Å². The van der Waals surface area contributed by atoms with Crippen molar-refractivity contribution in [3.8, 4) is 5.69 Å². The Morgan fingerprint density at radius 3 is 2.78 bits per heavy atom. The number of benzene rings is 1. The number of H-pyrrole nitrogens is 1. The second kappa shape index (κ2) is 5.93. The van der Waals surface area contributed by atoms with Crippen LogP contribution in [0, 0.1) is 4.77 Å². The van der Waals surface area contributed by atoms with Crippen molar-refractivity contribution >= 4 is 23.8 Å². The molecule has 6 nitrogen and oxygen atoms in total. The monoisotopic (exact) mass is 347 g/mol. The number of hydrogen-bond acceptors (Lipinski definition) is 5. The van der Waals surface area contributed by atoms with Gasteiger partial charge in [0, 0.05) is 0 Å². The Bertz CT molecular complexity index is 872. The van der Waals surface area contributed by atoms with E-state index in [0.29, 0.717) is 9.79 Å². The first-order valence-corrected chi connectivity index (χ1v) is 7.99. The van der Waals surface area contributed by atoms with Gasteiger partial charge in [-0.1, -0.05) is 23.7 Å². The van der Waals surface area contributed by atoms with Crippen molar-refractivity contribution in [3.63, 3.8) is 0 Å². The van der Waals surface area contributed by atoms with Gasteiger partial charge in [0.05, 0.1) is 29.1 Å². The Kier molecular flexibility index (Phi) is 3.78. The number of nitrogens with zero attached hydrogens (tertiary/aromatic N) is 2. The van der Waals surface area contributed by atoms with E-state index in [1.54, 1.807) is 6.26 Å². The smallest absolute Gasteiger partial charge is 0.199 e. The van der Waals surface area contributed by atoms with Crippen molar-refractivity contribution in [2.45, 2.75) is 18.5 Å². The molecule has 0 aliphatic carbocycles. The summed E-state index contributed by atoms with van der Waals surface area (Å²) in [5, 5.41) is 7.87. The summed E-state index contributed by atoms with van der Waals surface area (Å²) < 4.78 is 7.83. The van der Waals surface area contributed by atoms with Crippen LogP contribution in [0.2, 0.25) is 5.02 Å². The molecule has 3 N–H and O–H groups in total. The molecule has 1 aliphatic rings. The van der Waals surface area contributed by atoms with Crippen LogP contribution in [0.4, 0.5) is 0 Å². The number of para-hydroxylation sites is 1. The zero-order valence-corrected chi connectivity index (χ0v) is 13.6. The van der Waals surface area contributed by atoms with Gasteiger partial charge in [0.2, 0.25) is 0 Å². The normalized spacial score (nSPS) is 20.9. The summed E-state index contributed by atoms with van der Waals surface area (Å²) in [6, 6.07) is 11.5. The number of nitrogens with one attached hydrogen (secondary N) is 3. The average molecular weight is 348 g/mol. The van der Waals surface area contributed by atoms with Crippen molar-refractivity contribution in [2.24, 2.45) is 0 Å². The third-order valence-electron chi connectivity index (χ3n) is 3.89. The SMILES string of the molecule is S=c1[nH]nc(C2CC(c3ccco3)NN2)n1-c1ccccc1Cl. The van der Waals surface area contributed by atoms with E-state index in [4.69, 9.17) is 28.2 Å². The van der Waals surface area contributed by atoms with E-state index in [2.05, 4.69) is 21.0 Å². The number of hydrogen-bond donors (Lipinski definition) is 3. The molecular formula is C15H14ClN5OS. The van der Waals surface area contributed by atoms with Gasteiger partial charge in [0.25, 0.3) is 0 Å². The summed E-state index contributed by atoms with van der Waals surface area (Å²) in [6.07, 6.45) is 2.46. The molecule has 118 valence electrons. The Morgan fingerprint density at radius 1 is 1.17 bits per heavy atom. The summed E-state index contributed by atoms with van der Waals surface area (Å²) in [5.74, 6) is 1.67. The van der Waals surface area contributed by atoms with Crippen LogP contribution in [-0.2, 0) is 0 Å². The minimum Gasteiger partial charge on any atom is -0.468 e. The second-order valence-electron chi connectivity index (χ2n) is 5.32. The van der Waals surface area contributed by atoms with Crippen molar-refractivity contribution in [2.75, 3.05) is 0 Å². The van der Waals surface area contributed by atoms with Crippen LogP contribution < -0.4 is 10.9 Å². The number of rotatable bonds is 3. The summed E-state index contributed by atoms with van der Waals surface area (Å²) in [6.45, 7) is 0. The molecule has 2 aromatic heterocycles. The fourth-order valence-corrected chi connectivity index (χ4v) is 3.27. The molecule has 3 aromatic rings. The molecule has 1 saturated heterocycles. The van der Waals surface area contributed by atoms with Gasteiger partial charge in [0.1, 0.15) is 5.76 Å². The van der Waals surface area contributed by atoms with Gasteiger partial charge in [-0.15, -0.1) is 0 Å². The zero-order chi connectivity index (χ0) is 15.8. The third-order valence-corrected chi connectivity index (χ3v) is 4.49. The van der Waals surface area contributed by atoms with E-state index in [1.165, 1.54) is 0 Å². The first-order valence-electron chi connectivity index (χ1n) is 7.20. The predicted octanol–water partition coefficient (Wildman–Crippen LogP) is 3.46. The molecule has 23 heavy (non-hydrogen) atoms. The van der Waals surface area contributed by atoms with Crippen LogP contribution in [0.5, 0.6) is 0 Å². The Balaban J connectivity index is 1.69. The lowest BCUT2D eigenvalue weighted by Gasteiger charge is -2.12. The van der Waals surface area contributed by atoms with Crippen LogP contribution >= 0.6 is 23.8 Å². The van der Waals surface area contributed by atoms with Crippen LogP contribution in [0.3, 0.4) is 0 Å². The van der Waals surface area contributed by atoms with E-state index in [9.17, 15) is 0 Å². The molecular weight excluding hydrogens is 334 g/mol. The van der Waals surface area contributed by atoms with E-state index < -0.39 is 0 Å². The molecule has 8 heteroatoms.